The van der Waals surface area contributed by atoms with Crippen LogP contribution in [0.3, 0.4) is 0 Å². The number of alkyl halides is 2. The molecular formula is C18H13F2N3OS. The maximum absolute atomic E-state index is 12.6. The Hall–Kier alpha value is -2.80. The van der Waals surface area contributed by atoms with Gasteiger partial charge in [-0.3, -0.25) is 4.79 Å². The van der Waals surface area contributed by atoms with E-state index in [2.05, 4.69) is 15.3 Å². The summed E-state index contributed by atoms with van der Waals surface area (Å²) in [6.07, 6.45) is 2.82. The lowest BCUT2D eigenvalue weighted by Gasteiger charge is -2.10. The molecule has 3 rings (SSSR count). The zero-order chi connectivity index (χ0) is 17.6. The molecule has 0 saturated carbocycles. The summed E-state index contributed by atoms with van der Waals surface area (Å²) in [7, 11) is 0. The smallest absolute Gasteiger partial charge is 0.288 e. The number of benzene rings is 2. The zero-order valence-corrected chi connectivity index (χ0v) is 13.7. The van der Waals surface area contributed by atoms with Gasteiger partial charge in [0.2, 0.25) is 0 Å². The molecule has 0 atom stereocenters. The van der Waals surface area contributed by atoms with Crippen LogP contribution >= 0.6 is 11.8 Å². The van der Waals surface area contributed by atoms with Crippen LogP contribution in [0.5, 0.6) is 0 Å². The van der Waals surface area contributed by atoms with Crippen molar-refractivity contribution in [3.8, 4) is 11.4 Å². The lowest BCUT2D eigenvalue weighted by Crippen LogP contribution is -2.13. The Morgan fingerprint density at radius 2 is 1.60 bits per heavy atom. The predicted octanol–water partition coefficient (Wildman–Crippen LogP) is 4.71. The quantitative estimate of drug-likeness (QED) is 0.672. The Kier molecular flexibility index (Phi) is 5.35. The van der Waals surface area contributed by atoms with E-state index in [1.165, 1.54) is 18.5 Å². The third kappa shape index (κ3) is 4.39. The van der Waals surface area contributed by atoms with Gasteiger partial charge in [-0.2, -0.15) is 8.78 Å². The number of carbonyl (C=O) groups excluding carboxylic acids is 1. The van der Waals surface area contributed by atoms with Gasteiger partial charge in [0.05, 0.1) is 11.3 Å². The summed E-state index contributed by atoms with van der Waals surface area (Å²) in [6, 6.07) is 15.8. The van der Waals surface area contributed by atoms with E-state index < -0.39 is 11.7 Å². The number of carbonyl (C=O) groups is 1. The van der Waals surface area contributed by atoms with Gasteiger partial charge >= 0.3 is 0 Å². The van der Waals surface area contributed by atoms with Crippen molar-refractivity contribution in [1.82, 2.24) is 9.97 Å². The first-order valence-corrected chi connectivity index (χ1v) is 8.24. The number of halogens is 2. The SMILES string of the molecule is O=C(Nc1ccccc1SC(F)F)c1cnc(-c2ccccc2)nc1. The Balaban J connectivity index is 1.76. The molecular weight excluding hydrogens is 344 g/mol. The average molecular weight is 357 g/mol. The first-order valence-electron chi connectivity index (χ1n) is 7.36. The van der Waals surface area contributed by atoms with E-state index in [0.29, 0.717) is 28.2 Å². The van der Waals surface area contributed by atoms with Crippen molar-refractivity contribution in [1.29, 1.82) is 0 Å². The standard InChI is InChI=1S/C18H13F2N3OS/c19-18(20)25-15-9-5-4-8-14(15)23-17(24)13-10-21-16(22-11-13)12-6-2-1-3-7-12/h1-11,18H,(H,23,24). The Morgan fingerprint density at radius 1 is 0.960 bits per heavy atom. The number of thioether (sulfide) groups is 1. The molecule has 3 aromatic rings. The Bertz CT molecular complexity index is 858. The second-order valence-corrected chi connectivity index (χ2v) is 6.02. The number of nitrogens with zero attached hydrogens (tertiary/aromatic N) is 2. The summed E-state index contributed by atoms with van der Waals surface area (Å²) in [5.74, 6) is -2.51. The van der Waals surface area contributed by atoms with Gasteiger partial charge in [-0.25, -0.2) is 9.97 Å². The van der Waals surface area contributed by atoms with Crippen molar-refractivity contribution in [3.05, 3.63) is 72.6 Å². The summed E-state index contributed by atoms with van der Waals surface area (Å²) >= 11 is 0.383. The van der Waals surface area contributed by atoms with Gasteiger partial charge in [0.15, 0.2) is 5.82 Å². The van der Waals surface area contributed by atoms with Crippen LogP contribution in [-0.4, -0.2) is 21.6 Å². The molecule has 0 spiro atoms. The summed E-state index contributed by atoms with van der Waals surface area (Å²) in [6.45, 7) is 0. The second kappa shape index (κ2) is 7.85. The van der Waals surface area contributed by atoms with E-state index in [1.54, 1.807) is 18.2 Å². The molecule has 0 saturated heterocycles. The van der Waals surface area contributed by atoms with E-state index in [-0.39, 0.29) is 5.56 Å². The first-order chi connectivity index (χ1) is 12.1. The van der Waals surface area contributed by atoms with E-state index in [0.717, 1.165) is 5.56 Å². The summed E-state index contributed by atoms with van der Waals surface area (Å²) in [5, 5.41) is 2.62. The zero-order valence-electron chi connectivity index (χ0n) is 12.9. The number of hydrogen-bond donors (Lipinski definition) is 1. The number of para-hydroxylation sites is 1. The minimum atomic E-state index is -2.56. The molecule has 1 heterocycles. The highest BCUT2D eigenvalue weighted by atomic mass is 32.2. The van der Waals surface area contributed by atoms with Gasteiger partial charge in [-0.1, -0.05) is 54.2 Å². The monoisotopic (exact) mass is 357 g/mol. The van der Waals surface area contributed by atoms with Crippen molar-refractivity contribution in [2.75, 3.05) is 5.32 Å². The van der Waals surface area contributed by atoms with Crippen LogP contribution in [0, 0.1) is 0 Å². The molecule has 25 heavy (non-hydrogen) atoms. The van der Waals surface area contributed by atoms with Gasteiger partial charge in [-0.15, -0.1) is 0 Å². The van der Waals surface area contributed by atoms with Crippen LogP contribution in [0.15, 0.2) is 71.9 Å². The van der Waals surface area contributed by atoms with Gasteiger partial charge in [0.1, 0.15) is 0 Å². The lowest BCUT2D eigenvalue weighted by atomic mass is 10.2. The normalized spacial score (nSPS) is 10.7. The summed E-state index contributed by atoms with van der Waals surface area (Å²) < 4.78 is 25.2. The molecule has 0 aliphatic heterocycles. The van der Waals surface area contributed by atoms with Crippen LogP contribution in [0.4, 0.5) is 14.5 Å². The molecule has 7 heteroatoms. The topological polar surface area (TPSA) is 54.9 Å². The summed E-state index contributed by atoms with van der Waals surface area (Å²) in [5.41, 5.74) is 1.41. The fraction of sp³-hybridized carbons (Fsp3) is 0.0556. The molecule has 1 amide bonds. The van der Waals surface area contributed by atoms with Crippen molar-refractivity contribution < 1.29 is 13.6 Å². The molecule has 0 unspecified atom stereocenters. The van der Waals surface area contributed by atoms with Gasteiger partial charge in [0.25, 0.3) is 11.7 Å². The number of anilines is 1. The van der Waals surface area contributed by atoms with Crippen LogP contribution < -0.4 is 5.32 Å². The number of aromatic nitrogens is 2. The van der Waals surface area contributed by atoms with Crippen molar-refractivity contribution >= 4 is 23.4 Å². The second-order valence-electron chi connectivity index (χ2n) is 4.99. The first kappa shape index (κ1) is 17.0. The van der Waals surface area contributed by atoms with Gasteiger partial charge in [-0.05, 0) is 12.1 Å². The number of hydrogen-bond acceptors (Lipinski definition) is 4. The van der Waals surface area contributed by atoms with E-state index in [4.69, 9.17) is 0 Å². The maximum Gasteiger partial charge on any atom is 0.288 e. The highest BCUT2D eigenvalue weighted by Gasteiger charge is 2.13. The lowest BCUT2D eigenvalue weighted by molar-refractivity contribution is 0.102. The molecule has 0 radical (unpaired) electrons. The maximum atomic E-state index is 12.6. The Labute approximate surface area is 147 Å². The summed E-state index contributed by atoms with van der Waals surface area (Å²) in [4.78, 5) is 21.0. The third-order valence-corrected chi connectivity index (χ3v) is 4.09. The van der Waals surface area contributed by atoms with Crippen LogP contribution in [0.1, 0.15) is 10.4 Å². The van der Waals surface area contributed by atoms with Crippen molar-refractivity contribution in [2.45, 2.75) is 10.7 Å². The fourth-order valence-electron chi connectivity index (χ4n) is 2.14. The van der Waals surface area contributed by atoms with E-state index >= 15 is 0 Å². The van der Waals surface area contributed by atoms with Gasteiger partial charge < -0.3 is 5.32 Å². The van der Waals surface area contributed by atoms with Crippen LogP contribution in [0.25, 0.3) is 11.4 Å². The minimum Gasteiger partial charge on any atom is -0.321 e. The molecule has 0 fully saturated rings. The fourth-order valence-corrected chi connectivity index (χ4v) is 2.74. The average Bonchev–Trinajstić information content (AvgIpc) is 2.64. The molecule has 2 aromatic carbocycles. The minimum absolute atomic E-state index is 0.247. The number of rotatable bonds is 5. The number of amides is 1. The van der Waals surface area contributed by atoms with Gasteiger partial charge in [0, 0.05) is 22.9 Å². The van der Waals surface area contributed by atoms with Crippen molar-refractivity contribution in [3.63, 3.8) is 0 Å². The largest absolute Gasteiger partial charge is 0.321 e. The predicted molar refractivity (Wildman–Crippen MR) is 93.7 cm³/mol. The molecule has 126 valence electrons. The number of nitrogens with one attached hydrogen (secondary N) is 1. The molecule has 1 aromatic heterocycles. The molecule has 0 aliphatic carbocycles. The van der Waals surface area contributed by atoms with E-state index in [1.807, 2.05) is 30.3 Å². The highest BCUT2D eigenvalue weighted by Crippen LogP contribution is 2.31. The van der Waals surface area contributed by atoms with Crippen molar-refractivity contribution in [2.24, 2.45) is 0 Å². The highest BCUT2D eigenvalue weighted by molar-refractivity contribution is 7.99. The third-order valence-electron chi connectivity index (χ3n) is 3.30. The molecule has 0 aliphatic rings. The van der Waals surface area contributed by atoms with Crippen LogP contribution in [0.2, 0.25) is 0 Å². The van der Waals surface area contributed by atoms with E-state index in [9.17, 15) is 13.6 Å². The molecule has 4 nitrogen and oxygen atoms in total. The molecule has 1 N–H and O–H groups in total. The molecule has 0 bridgehead atoms. The van der Waals surface area contributed by atoms with Crippen LogP contribution in [-0.2, 0) is 0 Å². The Morgan fingerprint density at radius 3 is 2.28 bits per heavy atom.